The molecule has 2 atom stereocenters. The maximum atomic E-state index is 5.12. The molecule has 1 rings (SSSR count). The molecule has 0 aromatic carbocycles. The van der Waals surface area contributed by atoms with Crippen molar-refractivity contribution in [3.63, 3.8) is 0 Å². The molecule has 0 aromatic rings. The van der Waals surface area contributed by atoms with E-state index in [1.54, 1.807) is 7.11 Å². The highest BCUT2D eigenvalue weighted by Crippen LogP contribution is 2.21. The van der Waals surface area contributed by atoms with E-state index in [0.29, 0.717) is 5.92 Å². The van der Waals surface area contributed by atoms with E-state index < -0.39 is 0 Å². The average molecular weight is 142 g/mol. The average Bonchev–Trinajstić information content (AvgIpc) is 1.88. The number of methoxy groups -OCH3 is 1. The fourth-order valence-electron chi connectivity index (χ4n) is 0.986. The molecule has 1 saturated heterocycles. The standard InChI is InChI=1S/C8H14O2/c1-3-4-5-7-6-10-8(7)9-2/h4-5,7-8H,3,6H2,1-2H3. The summed E-state index contributed by atoms with van der Waals surface area (Å²) in [7, 11) is 1.68. The van der Waals surface area contributed by atoms with Crippen molar-refractivity contribution in [1.29, 1.82) is 0 Å². The Morgan fingerprint density at radius 2 is 2.50 bits per heavy atom. The molecule has 0 radical (unpaired) electrons. The highest BCUT2D eigenvalue weighted by molar-refractivity contribution is 4.93. The second-order valence-electron chi connectivity index (χ2n) is 2.44. The SMILES string of the molecule is CCC=CC1COC1OC. The van der Waals surface area contributed by atoms with Gasteiger partial charge in [0.2, 0.25) is 0 Å². The molecule has 2 heteroatoms. The minimum absolute atomic E-state index is 0.0165. The fraction of sp³-hybridized carbons (Fsp3) is 0.750. The summed E-state index contributed by atoms with van der Waals surface area (Å²) in [6.07, 6.45) is 5.42. The van der Waals surface area contributed by atoms with Crippen LogP contribution in [0.4, 0.5) is 0 Å². The molecule has 0 bridgehead atoms. The first-order valence-corrected chi connectivity index (χ1v) is 3.69. The third kappa shape index (κ3) is 1.58. The first-order valence-electron chi connectivity index (χ1n) is 3.69. The summed E-state index contributed by atoms with van der Waals surface area (Å²) in [4.78, 5) is 0. The Hall–Kier alpha value is -0.340. The minimum atomic E-state index is 0.0165. The third-order valence-electron chi connectivity index (χ3n) is 1.65. The van der Waals surface area contributed by atoms with Gasteiger partial charge in [-0.15, -0.1) is 0 Å². The molecule has 2 unspecified atom stereocenters. The molecule has 1 aliphatic heterocycles. The van der Waals surface area contributed by atoms with Crippen molar-refractivity contribution in [2.45, 2.75) is 19.6 Å². The van der Waals surface area contributed by atoms with Crippen LogP contribution in [-0.4, -0.2) is 20.0 Å². The highest BCUT2D eigenvalue weighted by Gasteiger charge is 2.29. The van der Waals surface area contributed by atoms with Crippen molar-refractivity contribution in [3.05, 3.63) is 12.2 Å². The van der Waals surface area contributed by atoms with E-state index >= 15 is 0 Å². The van der Waals surface area contributed by atoms with Crippen molar-refractivity contribution >= 4 is 0 Å². The lowest BCUT2D eigenvalue weighted by Gasteiger charge is -2.33. The van der Waals surface area contributed by atoms with Gasteiger partial charge in [-0.2, -0.15) is 0 Å². The monoisotopic (exact) mass is 142 g/mol. The molecule has 2 nitrogen and oxygen atoms in total. The van der Waals surface area contributed by atoms with Crippen LogP contribution in [-0.2, 0) is 9.47 Å². The second kappa shape index (κ2) is 3.74. The summed E-state index contributed by atoms with van der Waals surface area (Å²) in [5.41, 5.74) is 0. The van der Waals surface area contributed by atoms with Gasteiger partial charge in [0.25, 0.3) is 0 Å². The van der Waals surface area contributed by atoms with Crippen LogP contribution in [0.15, 0.2) is 12.2 Å². The number of hydrogen-bond donors (Lipinski definition) is 0. The van der Waals surface area contributed by atoms with Crippen molar-refractivity contribution in [1.82, 2.24) is 0 Å². The molecule has 58 valence electrons. The van der Waals surface area contributed by atoms with Crippen LogP contribution in [0.5, 0.6) is 0 Å². The second-order valence-corrected chi connectivity index (χ2v) is 2.44. The molecule has 1 heterocycles. The molecule has 0 aliphatic carbocycles. The smallest absolute Gasteiger partial charge is 0.165 e. The largest absolute Gasteiger partial charge is 0.355 e. The number of allylic oxidation sites excluding steroid dienone is 1. The quantitative estimate of drug-likeness (QED) is 0.557. The van der Waals surface area contributed by atoms with Gasteiger partial charge in [0.05, 0.1) is 12.5 Å². The lowest BCUT2D eigenvalue weighted by atomic mass is 10.1. The molecular formula is C8H14O2. The Kier molecular flexibility index (Phi) is 2.90. The van der Waals surface area contributed by atoms with Crippen molar-refractivity contribution in [2.75, 3.05) is 13.7 Å². The maximum Gasteiger partial charge on any atom is 0.165 e. The molecule has 10 heavy (non-hydrogen) atoms. The van der Waals surface area contributed by atoms with E-state index in [-0.39, 0.29) is 6.29 Å². The van der Waals surface area contributed by atoms with Gasteiger partial charge in [-0.25, -0.2) is 0 Å². The topological polar surface area (TPSA) is 18.5 Å². The Bertz CT molecular complexity index is 118. The van der Waals surface area contributed by atoms with Crippen molar-refractivity contribution in [2.24, 2.45) is 5.92 Å². The van der Waals surface area contributed by atoms with Crippen LogP contribution in [0, 0.1) is 5.92 Å². The van der Waals surface area contributed by atoms with Crippen LogP contribution in [0.25, 0.3) is 0 Å². The van der Waals surface area contributed by atoms with E-state index in [9.17, 15) is 0 Å². The van der Waals surface area contributed by atoms with E-state index in [1.807, 2.05) is 0 Å². The molecule has 1 fully saturated rings. The van der Waals surface area contributed by atoms with Crippen molar-refractivity contribution in [3.8, 4) is 0 Å². The van der Waals surface area contributed by atoms with Gasteiger partial charge < -0.3 is 9.47 Å². The Morgan fingerprint density at radius 1 is 1.70 bits per heavy atom. The predicted molar refractivity (Wildman–Crippen MR) is 39.7 cm³/mol. The van der Waals surface area contributed by atoms with Gasteiger partial charge in [0.15, 0.2) is 6.29 Å². The predicted octanol–water partition coefficient (Wildman–Crippen LogP) is 1.57. The zero-order chi connectivity index (χ0) is 7.40. The van der Waals surface area contributed by atoms with Gasteiger partial charge in [0, 0.05) is 7.11 Å². The zero-order valence-corrected chi connectivity index (χ0v) is 6.54. The zero-order valence-electron chi connectivity index (χ0n) is 6.54. The number of rotatable bonds is 3. The molecule has 0 aromatic heterocycles. The van der Waals surface area contributed by atoms with Crippen LogP contribution in [0.1, 0.15) is 13.3 Å². The van der Waals surface area contributed by atoms with Gasteiger partial charge in [-0.3, -0.25) is 0 Å². The minimum Gasteiger partial charge on any atom is -0.355 e. The van der Waals surface area contributed by atoms with Crippen LogP contribution >= 0.6 is 0 Å². The molecule has 0 amide bonds. The number of ether oxygens (including phenoxy) is 2. The van der Waals surface area contributed by atoms with Crippen LogP contribution < -0.4 is 0 Å². The van der Waals surface area contributed by atoms with Crippen LogP contribution in [0.3, 0.4) is 0 Å². The summed E-state index contributed by atoms with van der Waals surface area (Å²) in [5, 5.41) is 0. The lowest BCUT2D eigenvalue weighted by molar-refractivity contribution is -0.231. The lowest BCUT2D eigenvalue weighted by Crippen LogP contribution is -2.39. The molecule has 1 aliphatic rings. The summed E-state index contributed by atoms with van der Waals surface area (Å²) in [5.74, 6) is 0.491. The highest BCUT2D eigenvalue weighted by atomic mass is 16.7. The third-order valence-corrected chi connectivity index (χ3v) is 1.65. The van der Waals surface area contributed by atoms with E-state index in [2.05, 4.69) is 19.1 Å². The summed E-state index contributed by atoms with van der Waals surface area (Å²) in [6, 6.07) is 0. The molecular weight excluding hydrogens is 128 g/mol. The van der Waals surface area contributed by atoms with E-state index in [4.69, 9.17) is 9.47 Å². The Morgan fingerprint density at radius 3 is 2.90 bits per heavy atom. The maximum absolute atomic E-state index is 5.12. The summed E-state index contributed by atoms with van der Waals surface area (Å²) >= 11 is 0. The van der Waals surface area contributed by atoms with Gasteiger partial charge in [-0.05, 0) is 6.42 Å². The summed E-state index contributed by atoms with van der Waals surface area (Å²) < 4.78 is 10.1. The van der Waals surface area contributed by atoms with E-state index in [0.717, 1.165) is 13.0 Å². The molecule has 0 spiro atoms. The van der Waals surface area contributed by atoms with Gasteiger partial charge in [-0.1, -0.05) is 19.1 Å². The van der Waals surface area contributed by atoms with Crippen LogP contribution in [0.2, 0.25) is 0 Å². The van der Waals surface area contributed by atoms with Gasteiger partial charge >= 0.3 is 0 Å². The summed E-state index contributed by atoms with van der Waals surface area (Å²) in [6.45, 7) is 2.94. The van der Waals surface area contributed by atoms with E-state index in [1.165, 1.54) is 0 Å². The first-order chi connectivity index (χ1) is 4.88. The fourth-order valence-corrected chi connectivity index (χ4v) is 0.986. The van der Waals surface area contributed by atoms with Gasteiger partial charge in [0.1, 0.15) is 0 Å². The van der Waals surface area contributed by atoms with Crippen molar-refractivity contribution < 1.29 is 9.47 Å². The Balaban J connectivity index is 2.22. The normalized spacial score (nSPS) is 32.6. The first kappa shape index (κ1) is 7.76. The Labute approximate surface area is 61.8 Å². The number of hydrogen-bond acceptors (Lipinski definition) is 2. The molecule has 0 saturated carbocycles. The molecule has 0 N–H and O–H groups in total.